The molecule has 0 saturated carbocycles. The first-order valence-corrected chi connectivity index (χ1v) is 7.02. The summed E-state index contributed by atoms with van der Waals surface area (Å²) in [5, 5.41) is 4.37. The lowest BCUT2D eigenvalue weighted by Crippen LogP contribution is -2.07. The molecule has 4 heteroatoms. The molecule has 0 unspecified atom stereocenters. The number of hydrogen-bond donors (Lipinski definition) is 1. The molecule has 2 aromatic rings. The minimum Gasteiger partial charge on any atom is -0.494 e. The van der Waals surface area contributed by atoms with E-state index in [0.29, 0.717) is 5.52 Å². The molecule has 0 bridgehead atoms. The van der Waals surface area contributed by atoms with E-state index in [1.807, 2.05) is 6.92 Å². The van der Waals surface area contributed by atoms with Crippen molar-refractivity contribution in [2.45, 2.75) is 33.6 Å². The molecule has 0 aliphatic rings. The number of nitrogens with one attached hydrogen (secondary N) is 1. The van der Waals surface area contributed by atoms with E-state index in [2.05, 4.69) is 24.1 Å². The summed E-state index contributed by atoms with van der Waals surface area (Å²) in [6.07, 6.45) is 1.92. The summed E-state index contributed by atoms with van der Waals surface area (Å²) in [5.41, 5.74) is 3.84. The second-order valence-electron chi connectivity index (χ2n) is 4.84. The first kappa shape index (κ1) is 14.6. The monoisotopic (exact) mass is 276 g/mol. The quantitative estimate of drug-likeness (QED) is 0.893. The van der Waals surface area contributed by atoms with Crippen LogP contribution in [0.4, 0.5) is 10.1 Å². The highest BCUT2D eigenvalue weighted by molar-refractivity contribution is 5.94. The van der Waals surface area contributed by atoms with Gasteiger partial charge in [-0.1, -0.05) is 13.8 Å². The standard InChI is InChI=1S/C16H21FN2O/c1-5-7-18-16-11(6-2)10(3)19-14-9-13(17)15(20-4)8-12(14)16/h8-9H,5-7H2,1-4H3,(H,18,19). The molecule has 0 amide bonds. The van der Waals surface area contributed by atoms with Gasteiger partial charge in [-0.2, -0.15) is 0 Å². The second-order valence-corrected chi connectivity index (χ2v) is 4.84. The topological polar surface area (TPSA) is 34.2 Å². The maximum atomic E-state index is 13.8. The van der Waals surface area contributed by atoms with Crippen molar-refractivity contribution in [1.29, 1.82) is 0 Å². The molecule has 108 valence electrons. The highest BCUT2D eigenvalue weighted by Gasteiger charge is 2.14. The number of aryl methyl sites for hydroxylation is 1. The molecular weight excluding hydrogens is 255 g/mol. The van der Waals surface area contributed by atoms with Crippen molar-refractivity contribution >= 4 is 16.6 Å². The van der Waals surface area contributed by atoms with Crippen LogP contribution < -0.4 is 10.1 Å². The average Bonchev–Trinajstić information content (AvgIpc) is 2.43. The molecule has 20 heavy (non-hydrogen) atoms. The summed E-state index contributed by atoms with van der Waals surface area (Å²) >= 11 is 0. The Morgan fingerprint density at radius 3 is 2.65 bits per heavy atom. The lowest BCUT2D eigenvalue weighted by Gasteiger charge is -2.16. The van der Waals surface area contributed by atoms with Crippen LogP contribution in [0.25, 0.3) is 10.9 Å². The number of benzene rings is 1. The van der Waals surface area contributed by atoms with Crippen LogP contribution in [0.1, 0.15) is 31.5 Å². The minimum absolute atomic E-state index is 0.254. The highest BCUT2D eigenvalue weighted by atomic mass is 19.1. The van der Waals surface area contributed by atoms with E-state index in [4.69, 9.17) is 4.74 Å². The molecular formula is C16H21FN2O. The predicted octanol–water partition coefficient (Wildman–Crippen LogP) is 4.08. The third kappa shape index (κ3) is 2.55. The normalized spacial score (nSPS) is 10.8. The maximum Gasteiger partial charge on any atom is 0.167 e. The summed E-state index contributed by atoms with van der Waals surface area (Å²) in [6.45, 7) is 7.08. The molecule has 0 aliphatic carbocycles. The van der Waals surface area contributed by atoms with Gasteiger partial charge < -0.3 is 10.1 Å². The zero-order chi connectivity index (χ0) is 14.7. The Morgan fingerprint density at radius 1 is 1.30 bits per heavy atom. The number of hydrogen-bond acceptors (Lipinski definition) is 3. The fourth-order valence-corrected chi connectivity index (χ4v) is 2.47. The fraction of sp³-hybridized carbons (Fsp3) is 0.438. The number of rotatable bonds is 5. The molecule has 1 aromatic heterocycles. The molecule has 0 radical (unpaired) electrons. The van der Waals surface area contributed by atoms with Gasteiger partial charge in [0.15, 0.2) is 11.6 Å². The molecule has 0 spiro atoms. The highest BCUT2D eigenvalue weighted by Crippen LogP contribution is 2.33. The van der Waals surface area contributed by atoms with E-state index in [-0.39, 0.29) is 11.6 Å². The predicted molar refractivity (Wildman–Crippen MR) is 81.1 cm³/mol. The Hall–Kier alpha value is -1.84. The van der Waals surface area contributed by atoms with Crippen molar-refractivity contribution in [2.75, 3.05) is 19.0 Å². The van der Waals surface area contributed by atoms with Crippen LogP contribution in [0.5, 0.6) is 5.75 Å². The maximum absolute atomic E-state index is 13.8. The zero-order valence-electron chi connectivity index (χ0n) is 12.5. The number of halogens is 1. The van der Waals surface area contributed by atoms with Crippen LogP contribution in [0, 0.1) is 12.7 Å². The van der Waals surface area contributed by atoms with Gasteiger partial charge in [-0.15, -0.1) is 0 Å². The zero-order valence-corrected chi connectivity index (χ0v) is 12.5. The summed E-state index contributed by atoms with van der Waals surface area (Å²) in [7, 11) is 1.48. The molecule has 1 N–H and O–H groups in total. The van der Waals surface area contributed by atoms with Crippen LogP contribution in [0.15, 0.2) is 12.1 Å². The molecule has 0 aliphatic heterocycles. The van der Waals surface area contributed by atoms with Gasteiger partial charge in [0.05, 0.1) is 12.6 Å². The molecule has 0 atom stereocenters. The van der Waals surface area contributed by atoms with Crippen molar-refractivity contribution in [3.05, 3.63) is 29.2 Å². The summed E-state index contributed by atoms with van der Waals surface area (Å²) in [4.78, 5) is 4.52. The lowest BCUT2D eigenvalue weighted by atomic mass is 10.0. The number of methoxy groups -OCH3 is 1. The second kappa shape index (κ2) is 6.07. The number of aromatic nitrogens is 1. The lowest BCUT2D eigenvalue weighted by molar-refractivity contribution is 0.387. The van der Waals surface area contributed by atoms with Crippen LogP contribution in [-0.4, -0.2) is 18.6 Å². The van der Waals surface area contributed by atoms with Crippen molar-refractivity contribution in [3.8, 4) is 5.75 Å². The largest absolute Gasteiger partial charge is 0.494 e. The molecule has 0 saturated heterocycles. The van der Waals surface area contributed by atoms with E-state index in [1.165, 1.54) is 18.7 Å². The number of ether oxygens (including phenoxy) is 1. The van der Waals surface area contributed by atoms with E-state index < -0.39 is 0 Å². The van der Waals surface area contributed by atoms with E-state index in [9.17, 15) is 4.39 Å². The minimum atomic E-state index is -0.377. The summed E-state index contributed by atoms with van der Waals surface area (Å²) in [5.74, 6) is -0.123. The van der Waals surface area contributed by atoms with Crippen molar-refractivity contribution in [2.24, 2.45) is 0 Å². The Morgan fingerprint density at radius 2 is 2.05 bits per heavy atom. The molecule has 1 aromatic carbocycles. The number of fused-ring (bicyclic) bond motifs is 1. The Balaban J connectivity index is 2.73. The van der Waals surface area contributed by atoms with Gasteiger partial charge in [-0.25, -0.2) is 4.39 Å². The molecule has 1 heterocycles. The smallest absolute Gasteiger partial charge is 0.167 e. The van der Waals surface area contributed by atoms with Gasteiger partial charge in [-0.05, 0) is 31.4 Å². The molecule has 3 nitrogen and oxygen atoms in total. The van der Waals surface area contributed by atoms with Gasteiger partial charge in [0.1, 0.15) is 0 Å². The van der Waals surface area contributed by atoms with Crippen molar-refractivity contribution in [3.63, 3.8) is 0 Å². The van der Waals surface area contributed by atoms with E-state index >= 15 is 0 Å². The summed E-state index contributed by atoms with van der Waals surface area (Å²) in [6, 6.07) is 3.17. The number of nitrogens with zero attached hydrogens (tertiary/aromatic N) is 1. The van der Waals surface area contributed by atoms with E-state index in [0.717, 1.165) is 36.2 Å². The summed E-state index contributed by atoms with van der Waals surface area (Å²) < 4.78 is 18.9. The SMILES string of the molecule is CCCNc1c(CC)c(C)nc2cc(F)c(OC)cc12. The molecule has 0 fully saturated rings. The van der Waals surface area contributed by atoms with Crippen LogP contribution in [-0.2, 0) is 6.42 Å². The fourth-order valence-electron chi connectivity index (χ4n) is 2.47. The third-order valence-corrected chi connectivity index (χ3v) is 3.47. The van der Waals surface area contributed by atoms with Crippen molar-refractivity contribution < 1.29 is 9.13 Å². The number of anilines is 1. The van der Waals surface area contributed by atoms with Gasteiger partial charge in [0.2, 0.25) is 0 Å². The van der Waals surface area contributed by atoms with Crippen LogP contribution in [0.2, 0.25) is 0 Å². The molecule has 2 rings (SSSR count). The van der Waals surface area contributed by atoms with E-state index in [1.54, 1.807) is 6.07 Å². The van der Waals surface area contributed by atoms with Gasteiger partial charge in [0, 0.05) is 29.4 Å². The van der Waals surface area contributed by atoms with Gasteiger partial charge in [-0.3, -0.25) is 4.98 Å². The van der Waals surface area contributed by atoms with Crippen LogP contribution in [0.3, 0.4) is 0 Å². The van der Waals surface area contributed by atoms with Crippen molar-refractivity contribution in [1.82, 2.24) is 4.98 Å². The first-order chi connectivity index (χ1) is 9.62. The Kier molecular flexibility index (Phi) is 4.42. The third-order valence-electron chi connectivity index (χ3n) is 3.47. The Bertz CT molecular complexity index is 620. The number of pyridine rings is 1. The average molecular weight is 276 g/mol. The van der Waals surface area contributed by atoms with Crippen LogP contribution >= 0.6 is 0 Å². The Labute approximate surface area is 119 Å². The first-order valence-electron chi connectivity index (χ1n) is 7.02. The van der Waals surface area contributed by atoms with Gasteiger partial charge in [0.25, 0.3) is 0 Å². The van der Waals surface area contributed by atoms with Gasteiger partial charge >= 0.3 is 0 Å².